The molecule has 1 aliphatic carbocycles. The molecule has 0 heterocycles. The third-order valence-corrected chi connectivity index (χ3v) is 1.63. The van der Waals surface area contributed by atoms with Crippen LogP contribution in [0.25, 0.3) is 0 Å². The van der Waals surface area contributed by atoms with E-state index < -0.39 is 0 Å². The van der Waals surface area contributed by atoms with Gasteiger partial charge in [-0.25, -0.2) is 0 Å². The molecule has 0 saturated heterocycles. The van der Waals surface area contributed by atoms with Gasteiger partial charge in [0.25, 0.3) is 0 Å². The molecule has 0 amide bonds. The van der Waals surface area contributed by atoms with E-state index in [2.05, 4.69) is 19.9 Å². The molecule has 0 aromatic carbocycles. The van der Waals surface area contributed by atoms with E-state index in [1.807, 2.05) is 0 Å². The molecule has 1 unspecified atom stereocenters. The Bertz CT molecular complexity index is 90.2. The van der Waals surface area contributed by atoms with Crippen LogP contribution in [0.1, 0.15) is 26.7 Å². The zero-order valence-electron chi connectivity index (χ0n) is 5.07. The molecule has 0 saturated carbocycles. The molecule has 0 N–H and O–H groups in total. The number of hydrogen-bond donors (Lipinski definition) is 0. The van der Waals surface area contributed by atoms with E-state index in [0.717, 1.165) is 5.92 Å². The summed E-state index contributed by atoms with van der Waals surface area (Å²) in [6, 6.07) is 0. The van der Waals surface area contributed by atoms with Crippen molar-refractivity contribution >= 4 is 0 Å². The van der Waals surface area contributed by atoms with Crippen molar-refractivity contribution < 1.29 is 0 Å². The molecular weight excluding hydrogens is 84.1 g/mol. The van der Waals surface area contributed by atoms with Crippen molar-refractivity contribution in [2.45, 2.75) is 26.7 Å². The number of allylic oxidation sites excluding steroid dienone is 2. The summed E-state index contributed by atoms with van der Waals surface area (Å²) < 4.78 is 0. The molecule has 1 aliphatic rings. The molecule has 0 heteroatoms. The molecule has 1 rings (SSSR count). The quantitative estimate of drug-likeness (QED) is 0.463. The predicted molar refractivity (Wildman–Crippen MR) is 32.2 cm³/mol. The monoisotopic (exact) mass is 96.1 g/mol. The van der Waals surface area contributed by atoms with Gasteiger partial charge in [0, 0.05) is 0 Å². The minimum Gasteiger partial charge on any atom is -0.0776 e. The molecular formula is C7H12. The smallest absolute Gasteiger partial charge is 0.00229 e. The molecule has 0 fully saturated rings. The van der Waals surface area contributed by atoms with Gasteiger partial charge in [-0.1, -0.05) is 25.5 Å². The summed E-state index contributed by atoms with van der Waals surface area (Å²) in [6.07, 6.45) is 4.96. The summed E-state index contributed by atoms with van der Waals surface area (Å²) >= 11 is 0. The first kappa shape index (κ1) is 4.89. The lowest BCUT2D eigenvalue weighted by Gasteiger charge is -1.86. The normalized spacial score (nSPS) is 27.1. The highest BCUT2D eigenvalue weighted by Crippen LogP contribution is 2.33. The van der Waals surface area contributed by atoms with Crippen molar-refractivity contribution in [1.82, 2.24) is 0 Å². The lowest BCUT2D eigenvalue weighted by molar-refractivity contribution is 0.814. The number of hydrogen-bond acceptors (Lipinski definition) is 0. The van der Waals surface area contributed by atoms with Crippen molar-refractivity contribution in [3.8, 4) is 0 Å². The molecule has 40 valence electrons. The molecule has 0 aromatic heterocycles. The first-order chi connectivity index (χ1) is 3.38. The molecule has 0 radical (unpaired) electrons. The Morgan fingerprint density at radius 2 is 2.29 bits per heavy atom. The second-order valence-corrected chi connectivity index (χ2v) is 2.11. The average molecular weight is 96.2 g/mol. The average Bonchev–Trinajstić information content (AvgIpc) is 2.43. The Balaban J connectivity index is 2.14. The fourth-order valence-corrected chi connectivity index (χ4v) is 0.970. The lowest BCUT2D eigenvalue weighted by Crippen LogP contribution is -1.73. The van der Waals surface area contributed by atoms with E-state index >= 15 is 0 Å². The van der Waals surface area contributed by atoms with Crippen LogP contribution >= 0.6 is 0 Å². The maximum atomic E-state index is 2.36. The Kier molecular flexibility index (Phi) is 1.18. The maximum absolute atomic E-state index is 2.36. The highest BCUT2D eigenvalue weighted by molar-refractivity contribution is 5.27. The van der Waals surface area contributed by atoms with E-state index in [0.29, 0.717) is 0 Å². The standard InChI is InChI=1S/C7H12/c1-3-6-5-7(6)4-2/h5-6H,3-4H2,1-2H3. The van der Waals surface area contributed by atoms with Gasteiger partial charge in [-0.2, -0.15) is 0 Å². The predicted octanol–water partition coefficient (Wildman–Crippen LogP) is 2.36. The fraction of sp³-hybridized carbons (Fsp3) is 0.714. The van der Waals surface area contributed by atoms with Crippen molar-refractivity contribution in [3.63, 3.8) is 0 Å². The summed E-state index contributed by atoms with van der Waals surface area (Å²) in [5.41, 5.74) is 1.67. The summed E-state index contributed by atoms with van der Waals surface area (Å²) in [7, 11) is 0. The second-order valence-electron chi connectivity index (χ2n) is 2.11. The molecule has 0 bridgehead atoms. The summed E-state index contributed by atoms with van der Waals surface area (Å²) in [4.78, 5) is 0. The minimum absolute atomic E-state index is 0.907. The zero-order valence-corrected chi connectivity index (χ0v) is 5.07. The van der Waals surface area contributed by atoms with Crippen LogP contribution in [0.4, 0.5) is 0 Å². The summed E-state index contributed by atoms with van der Waals surface area (Å²) in [5.74, 6) is 0.907. The van der Waals surface area contributed by atoms with Gasteiger partial charge < -0.3 is 0 Å². The van der Waals surface area contributed by atoms with Crippen molar-refractivity contribution in [1.29, 1.82) is 0 Å². The van der Waals surface area contributed by atoms with Crippen LogP contribution in [0.2, 0.25) is 0 Å². The molecule has 7 heavy (non-hydrogen) atoms. The molecule has 0 nitrogen and oxygen atoms in total. The van der Waals surface area contributed by atoms with Gasteiger partial charge in [-0.05, 0) is 18.8 Å². The van der Waals surface area contributed by atoms with Gasteiger partial charge in [0.05, 0.1) is 0 Å². The zero-order chi connectivity index (χ0) is 5.28. The molecule has 0 aromatic rings. The van der Waals surface area contributed by atoms with Gasteiger partial charge >= 0.3 is 0 Å². The topological polar surface area (TPSA) is 0 Å². The highest BCUT2D eigenvalue weighted by atomic mass is 14.2. The summed E-state index contributed by atoms with van der Waals surface area (Å²) in [6.45, 7) is 4.46. The molecule has 1 atom stereocenters. The third-order valence-electron chi connectivity index (χ3n) is 1.63. The Morgan fingerprint density at radius 1 is 1.57 bits per heavy atom. The van der Waals surface area contributed by atoms with Crippen LogP contribution in [0.5, 0.6) is 0 Å². The van der Waals surface area contributed by atoms with Gasteiger partial charge in [-0.3, -0.25) is 0 Å². The SMILES string of the molecule is CCC1=CC1CC. The van der Waals surface area contributed by atoms with Crippen LogP contribution in [-0.4, -0.2) is 0 Å². The Hall–Kier alpha value is -0.260. The highest BCUT2D eigenvalue weighted by Gasteiger charge is 2.18. The van der Waals surface area contributed by atoms with Crippen LogP contribution in [-0.2, 0) is 0 Å². The van der Waals surface area contributed by atoms with Crippen LogP contribution < -0.4 is 0 Å². The van der Waals surface area contributed by atoms with Crippen molar-refractivity contribution in [2.24, 2.45) is 5.92 Å². The van der Waals surface area contributed by atoms with Crippen LogP contribution in [0.15, 0.2) is 11.6 Å². The van der Waals surface area contributed by atoms with E-state index in [9.17, 15) is 0 Å². The first-order valence-electron chi connectivity index (χ1n) is 3.09. The van der Waals surface area contributed by atoms with Crippen LogP contribution in [0.3, 0.4) is 0 Å². The number of rotatable bonds is 2. The molecule has 0 spiro atoms. The largest absolute Gasteiger partial charge is 0.0776 e. The first-order valence-corrected chi connectivity index (χ1v) is 3.09. The third kappa shape index (κ3) is 0.846. The van der Waals surface area contributed by atoms with Crippen molar-refractivity contribution in [2.75, 3.05) is 0 Å². The lowest BCUT2D eigenvalue weighted by atomic mass is 10.2. The van der Waals surface area contributed by atoms with E-state index in [4.69, 9.17) is 0 Å². The van der Waals surface area contributed by atoms with Crippen molar-refractivity contribution in [3.05, 3.63) is 11.6 Å². The molecule has 0 aliphatic heterocycles. The Morgan fingerprint density at radius 3 is 2.43 bits per heavy atom. The van der Waals surface area contributed by atoms with Crippen LogP contribution in [0, 0.1) is 5.92 Å². The van der Waals surface area contributed by atoms with Gasteiger partial charge in [-0.15, -0.1) is 0 Å². The van der Waals surface area contributed by atoms with Gasteiger partial charge in [0.15, 0.2) is 0 Å². The van der Waals surface area contributed by atoms with E-state index in [1.54, 1.807) is 5.57 Å². The van der Waals surface area contributed by atoms with E-state index in [-0.39, 0.29) is 0 Å². The Labute approximate surface area is 45.2 Å². The minimum atomic E-state index is 0.907. The maximum Gasteiger partial charge on any atom is -0.00229 e. The summed E-state index contributed by atoms with van der Waals surface area (Å²) in [5, 5.41) is 0. The van der Waals surface area contributed by atoms with Gasteiger partial charge in [0.2, 0.25) is 0 Å². The van der Waals surface area contributed by atoms with E-state index in [1.165, 1.54) is 12.8 Å². The second kappa shape index (κ2) is 1.69. The van der Waals surface area contributed by atoms with Gasteiger partial charge in [0.1, 0.15) is 0 Å². The fourth-order valence-electron chi connectivity index (χ4n) is 0.970.